The van der Waals surface area contributed by atoms with E-state index in [2.05, 4.69) is 32.3 Å². The Hall–Kier alpha value is -2.25. The lowest BCUT2D eigenvalue weighted by Gasteiger charge is -2.03. The molecule has 0 amide bonds. The van der Waals surface area contributed by atoms with Crippen molar-refractivity contribution >= 4 is 11.8 Å². The van der Waals surface area contributed by atoms with E-state index in [1.807, 2.05) is 30.6 Å². The third kappa shape index (κ3) is 4.62. The number of hydrogen-bond donors (Lipinski definition) is 1. The molecule has 24 heavy (non-hydrogen) atoms. The maximum absolute atomic E-state index is 5.35. The van der Waals surface area contributed by atoms with Gasteiger partial charge >= 0.3 is 0 Å². The molecule has 0 aromatic carbocycles. The van der Waals surface area contributed by atoms with Gasteiger partial charge in [-0.2, -0.15) is 0 Å². The molecule has 0 bridgehead atoms. The van der Waals surface area contributed by atoms with Crippen LogP contribution in [0.4, 0.5) is 0 Å². The number of nitrogens with zero attached hydrogens (tertiary/aromatic N) is 4. The number of nitrogens with one attached hydrogen (secondary N) is 1. The molecule has 0 atom stereocenters. The standard InChI is InChI=1S/C17H19N5OS/c1-2-6-24-17-20-9-13(10-21-17)8-19-12-15-7-16(22-23-15)14-4-3-5-18-11-14/h3-5,7,9-11,19H,2,6,8,12H2,1H3. The molecule has 1 N–H and O–H groups in total. The molecule has 6 nitrogen and oxygen atoms in total. The van der Waals surface area contributed by atoms with Gasteiger partial charge in [-0.15, -0.1) is 0 Å². The van der Waals surface area contributed by atoms with Gasteiger partial charge in [0.1, 0.15) is 5.69 Å². The zero-order valence-corrected chi connectivity index (χ0v) is 14.3. The summed E-state index contributed by atoms with van der Waals surface area (Å²) in [6.07, 6.45) is 8.35. The van der Waals surface area contributed by atoms with Crippen LogP contribution >= 0.6 is 11.8 Å². The largest absolute Gasteiger partial charge is 0.359 e. The Morgan fingerprint density at radius 2 is 2.04 bits per heavy atom. The van der Waals surface area contributed by atoms with E-state index in [0.717, 1.165) is 39.9 Å². The molecule has 7 heteroatoms. The van der Waals surface area contributed by atoms with Gasteiger partial charge in [-0.25, -0.2) is 9.97 Å². The maximum atomic E-state index is 5.35. The van der Waals surface area contributed by atoms with Crippen LogP contribution in [0.5, 0.6) is 0 Å². The summed E-state index contributed by atoms with van der Waals surface area (Å²) in [6.45, 7) is 3.43. The molecule has 0 unspecified atom stereocenters. The molecule has 0 fully saturated rings. The molecule has 0 aliphatic rings. The van der Waals surface area contributed by atoms with Gasteiger partial charge in [0, 0.05) is 54.3 Å². The molecular formula is C17H19N5OS. The highest BCUT2D eigenvalue weighted by molar-refractivity contribution is 7.99. The topological polar surface area (TPSA) is 76.7 Å². The van der Waals surface area contributed by atoms with Gasteiger partial charge in [0.25, 0.3) is 0 Å². The van der Waals surface area contributed by atoms with Gasteiger partial charge in [0.15, 0.2) is 10.9 Å². The van der Waals surface area contributed by atoms with E-state index in [4.69, 9.17) is 4.52 Å². The fourth-order valence-electron chi connectivity index (χ4n) is 2.08. The van der Waals surface area contributed by atoms with Crippen LogP contribution < -0.4 is 5.32 Å². The van der Waals surface area contributed by atoms with Crippen LogP contribution in [0.15, 0.2) is 52.7 Å². The first-order valence-electron chi connectivity index (χ1n) is 7.85. The van der Waals surface area contributed by atoms with Gasteiger partial charge in [-0.05, 0) is 18.6 Å². The quantitative estimate of drug-likeness (QED) is 0.497. The minimum Gasteiger partial charge on any atom is -0.359 e. The van der Waals surface area contributed by atoms with Crippen LogP contribution in [0.2, 0.25) is 0 Å². The molecular weight excluding hydrogens is 322 g/mol. The van der Waals surface area contributed by atoms with Gasteiger partial charge < -0.3 is 9.84 Å². The van der Waals surface area contributed by atoms with Crippen molar-refractivity contribution in [1.82, 2.24) is 25.4 Å². The predicted octanol–water partition coefficient (Wildman–Crippen LogP) is 3.32. The lowest BCUT2D eigenvalue weighted by atomic mass is 10.2. The van der Waals surface area contributed by atoms with E-state index in [9.17, 15) is 0 Å². The second-order valence-electron chi connectivity index (χ2n) is 5.25. The first-order chi connectivity index (χ1) is 11.8. The molecule has 124 valence electrons. The van der Waals surface area contributed by atoms with Gasteiger partial charge in [0.05, 0.1) is 6.54 Å². The molecule has 3 rings (SSSR count). The number of hydrogen-bond acceptors (Lipinski definition) is 7. The van der Waals surface area contributed by atoms with Crippen LogP contribution in [-0.4, -0.2) is 25.9 Å². The van der Waals surface area contributed by atoms with E-state index < -0.39 is 0 Å². The van der Waals surface area contributed by atoms with Crippen LogP contribution in [0, 0.1) is 0 Å². The Morgan fingerprint density at radius 3 is 2.79 bits per heavy atom. The second kappa shape index (κ2) is 8.56. The average molecular weight is 341 g/mol. The number of pyridine rings is 1. The minimum atomic E-state index is 0.597. The van der Waals surface area contributed by atoms with Crippen molar-refractivity contribution in [3.8, 4) is 11.3 Å². The third-order valence-corrected chi connectivity index (χ3v) is 4.34. The van der Waals surface area contributed by atoms with Crippen LogP contribution in [0.1, 0.15) is 24.7 Å². The van der Waals surface area contributed by atoms with Gasteiger partial charge in [-0.3, -0.25) is 4.98 Å². The highest BCUT2D eigenvalue weighted by Crippen LogP contribution is 2.17. The molecule has 3 aromatic heterocycles. The number of thioether (sulfide) groups is 1. The van der Waals surface area contributed by atoms with E-state index in [1.54, 1.807) is 24.2 Å². The lowest BCUT2D eigenvalue weighted by molar-refractivity contribution is 0.374. The molecule has 3 aromatic rings. The summed E-state index contributed by atoms with van der Waals surface area (Å²) < 4.78 is 5.35. The van der Waals surface area contributed by atoms with Crippen molar-refractivity contribution < 1.29 is 4.52 Å². The summed E-state index contributed by atoms with van der Waals surface area (Å²) in [5, 5.41) is 8.21. The Balaban J connectivity index is 1.49. The number of aromatic nitrogens is 4. The van der Waals surface area contributed by atoms with E-state index >= 15 is 0 Å². The highest BCUT2D eigenvalue weighted by Gasteiger charge is 2.06. The summed E-state index contributed by atoms with van der Waals surface area (Å²) in [4.78, 5) is 12.8. The normalized spacial score (nSPS) is 10.9. The van der Waals surface area contributed by atoms with E-state index in [1.165, 1.54) is 0 Å². The Bertz CT molecular complexity index is 745. The van der Waals surface area contributed by atoms with Crippen LogP contribution in [0.3, 0.4) is 0 Å². The highest BCUT2D eigenvalue weighted by atomic mass is 32.2. The lowest BCUT2D eigenvalue weighted by Crippen LogP contribution is -2.12. The summed E-state index contributed by atoms with van der Waals surface area (Å²) in [5.41, 5.74) is 2.78. The summed E-state index contributed by atoms with van der Waals surface area (Å²) in [5.74, 6) is 1.83. The van der Waals surface area contributed by atoms with Gasteiger partial charge in [-0.1, -0.05) is 23.8 Å². The summed E-state index contributed by atoms with van der Waals surface area (Å²) in [6, 6.07) is 5.76. The molecule has 0 aliphatic heterocycles. The van der Waals surface area contributed by atoms with Crippen molar-refractivity contribution in [1.29, 1.82) is 0 Å². The molecule has 0 saturated carbocycles. The molecule has 0 spiro atoms. The SMILES string of the molecule is CCCSc1ncc(CNCc2cc(-c3cccnc3)no2)cn1. The third-order valence-electron chi connectivity index (χ3n) is 3.26. The van der Waals surface area contributed by atoms with Gasteiger partial charge in [0.2, 0.25) is 0 Å². The van der Waals surface area contributed by atoms with Crippen molar-refractivity contribution in [2.75, 3.05) is 5.75 Å². The monoisotopic (exact) mass is 341 g/mol. The van der Waals surface area contributed by atoms with Crippen LogP contribution in [-0.2, 0) is 13.1 Å². The first-order valence-corrected chi connectivity index (χ1v) is 8.84. The Labute approximate surface area is 145 Å². The second-order valence-corrected chi connectivity index (χ2v) is 6.31. The molecule has 3 heterocycles. The first kappa shape index (κ1) is 16.6. The molecule has 0 radical (unpaired) electrons. The van der Waals surface area contributed by atoms with Crippen LogP contribution in [0.25, 0.3) is 11.3 Å². The summed E-state index contributed by atoms with van der Waals surface area (Å²) >= 11 is 1.68. The zero-order valence-electron chi connectivity index (χ0n) is 13.5. The fraction of sp³-hybridized carbons (Fsp3) is 0.294. The summed E-state index contributed by atoms with van der Waals surface area (Å²) in [7, 11) is 0. The smallest absolute Gasteiger partial charge is 0.187 e. The predicted molar refractivity (Wildman–Crippen MR) is 93.3 cm³/mol. The van der Waals surface area contributed by atoms with Crippen molar-refractivity contribution in [2.24, 2.45) is 0 Å². The van der Waals surface area contributed by atoms with Crippen molar-refractivity contribution in [3.63, 3.8) is 0 Å². The zero-order chi connectivity index (χ0) is 16.6. The molecule has 0 saturated heterocycles. The number of rotatable bonds is 8. The average Bonchev–Trinajstić information content (AvgIpc) is 3.11. The van der Waals surface area contributed by atoms with Crippen molar-refractivity contribution in [3.05, 3.63) is 54.3 Å². The minimum absolute atomic E-state index is 0.597. The van der Waals surface area contributed by atoms with E-state index in [0.29, 0.717) is 13.1 Å². The Kier molecular flexibility index (Phi) is 5.92. The molecule has 0 aliphatic carbocycles. The van der Waals surface area contributed by atoms with E-state index in [-0.39, 0.29) is 0 Å². The fourth-order valence-corrected chi connectivity index (χ4v) is 2.72. The van der Waals surface area contributed by atoms with Crippen molar-refractivity contribution in [2.45, 2.75) is 31.6 Å². The Morgan fingerprint density at radius 1 is 1.17 bits per heavy atom. The maximum Gasteiger partial charge on any atom is 0.187 e.